The van der Waals surface area contributed by atoms with Gasteiger partial charge in [0.1, 0.15) is 0 Å². The molecule has 0 saturated carbocycles. The Kier molecular flexibility index (Phi) is 4.90. The Morgan fingerprint density at radius 3 is 2.60 bits per heavy atom. The lowest BCUT2D eigenvalue weighted by Crippen LogP contribution is -2.58. The van der Waals surface area contributed by atoms with Gasteiger partial charge in [0.2, 0.25) is 0 Å². The lowest BCUT2D eigenvalue weighted by atomic mass is 9.96. The highest BCUT2D eigenvalue weighted by molar-refractivity contribution is 9.10. The normalized spacial score (nSPS) is 21.9. The molecule has 4 heteroatoms. The van der Waals surface area contributed by atoms with Crippen LogP contribution in [0.2, 0.25) is 0 Å². The maximum atomic E-state index is 6.08. The van der Waals surface area contributed by atoms with Crippen LogP contribution < -0.4 is 5.73 Å². The molecule has 1 fully saturated rings. The number of likely N-dealkylation sites (N-methyl/N-ethyl adjacent to an activating group) is 1. The average Bonchev–Trinajstić information content (AvgIpc) is 2.38. The summed E-state index contributed by atoms with van der Waals surface area (Å²) >= 11 is 3.63. The minimum Gasteiger partial charge on any atom is -0.329 e. The maximum absolute atomic E-state index is 6.08. The van der Waals surface area contributed by atoms with Gasteiger partial charge in [0.25, 0.3) is 0 Å². The second-order valence-corrected chi connectivity index (χ2v) is 7.32. The molecule has 1 aliphatic rings. The van der Waals surface area contributed by atoms with Crippen LogP contribution in [0.5, 0.6) is 0 Å². The van der Waals surface area contributed by atoms with Gasteiger partial charge in [-0.3, -0.25) is 9.80 Å². The summed E-state index contributed by atoms with van der Waals surface area (Å²) in [5.41, 5.74) is 8.86. The van der Waals surface area contributed by atoms with Crippen molar-refractivity contribution in [3.63, 3.8) is 0 Å². The Bertz CT molecular complexity index is 473. The van der Waals surface area contributed by atoms with Crippen molar-refractivity contribution < 1.29 is 0 Å². The molecule has 0 amide bonds. The quantitative estimate of drug-likeness (QED) is 0.918. The number of nitrogens with zero attached hydrogens (tertiary/aromatic N) is 2. The van der Waals surface area contributed by atoms with E-state index in [0.717, 1.165) is 19.6 Å². The molecule has 2 N–H and O–H groups in total. The molecule has 1 aliphatic heterocycles. The zero-order chi connectivity index (χ0) is 14.9. The van der Waals surface area contributed by atoms with Gasteiger partial charge in [0.15, 0.2) is 0 Å². The SMILES string of the molecule is Cc1ccc(C(CN)N2CCN(C)C(C)(C)C2)cc1Br. The number of halogens is 1. The van der Waals surface area contributed by atoms with Gasteiger partial charge in [0, 0.05) is 42.2 Å². The third-order valence-electron chi connectivity index (χ3n) is 4.59. The number of nitrogens with two attached hydrogens (primary N) is 1. The predicted molar refractivity (Wildman–Crippen MR) is 89.0 cm³/mol. The molecule has 0 radical (unpaired) electrons. The van der Waals surface area contributed by atoms with Gasteiger partial charge in [-0.15, -0.1) is 0 Å². The molecule has 1 heterocycles. The van der Waals surface area contributed by atoms with Gasteiger partial charge in [-0.05, 0) is 45.0 Å². The molecule has 0 bridgehead atoms. The first-order chi connectivity index (χ1) is 9.35. The van der Waals surface area contributed by atoms with Crippen molar-refractivity contribution in [3.8, 4) is 0 Å². The molecule has 112 valence electrons. The topological polar surface area (TPSA) is 32.5 Å². The van der Waals surface area contributed by atoms with Crippen molar-refractivity contribution in [2.75, 3.05) is 33.2 Å². The van der Waals surface area contributed by atoms with Gasteiger partial charge in [-0.25, -0.2) is 0 Å². The Morgan fingerprint density at radius 2 is 2.05 bits per heavy atom. The van der Waals surface area contributed by atoms with Gasteiger partial charge < -0.3 is 5.73 Å². The largest absolute Gasteiger partial charge is 0.329 e. The Hall–Kier alpha value is -0.420. The maximum Gasteiger partial charge on any atom is 0.0472 e. The summed E-state index contributed by atoms with van der Waals surface area (Å²) in [6.45, 7) is 10.6. The molecule has 2 rings (SSSR count). The number of benzene rings is 1. The highest BCUT2D eigenvalue weighted by Gasteiger charge is 2.34. The van der Waals surface area contributed by atoms with Crippen molar-refractivity contribution in [2.45, 2.75) is 32.4 Å². The summed E-state index contributed by atoms with van der Waals surface area (Å²) in [4.78, 5) is 4.96. The lowest BCUT2D eigenvalue weighted by Gasteiger charge is -2.48. The van der Waals surface area contributed by atoms with E-state index >= 15 is 0 Å². The van der Waals surface area contributed by atoms with Crippen LogP contribution in [-0.4, -0.2) is 48.6 Å². The van der Waals surface area contributed by atoms with E-state index in [0.29, 0.717) is 12.6 Å². The minimum atomic E-state index is 0.202. The van der Waals surface area contributed by atoms with Crippen molar-refractivity contribution in [1.82, 2.24) is 9.80 Å². The van der Waals surface area contributed by atoms with E-state index in [4.69, 9.17) is 5.73 Å². The number of aryl methyl sites for hydroxylation is 1. The van der Waals surface area contributed by atoms with E-state index in [1.165, 1.54) is 15.6 Å². The van der Waals surface area contributed by atoms with E-state index < -0.39 is 0 Å². The molecular formula is C16H26BrN3. The first-order valence-electron chi connectivity index (χ1n) is 7.26. The molecular weight excluding hydrogens is 314 g/mol. The third-order valence-corrected chi connectivity index (χ3v) is 5.45. The Balaban J connectivity index is 2.22. The van der Waals surface area contributed by atoms with Crippen molar-refractivity contribution in [3.05, 3.63) is 33.8 Å². The summed E-state index contributed by atoms with van der Waals surface area (Å²) in [6.07, 6.45) is 0. The number of hydrogen-bond donors (Lipinski definition) is 1. The minimum absolute atomic E-state index is 0.202. The fourth-order valence-electron chi connectivity index (χ4n) is 2.86. The average molecular weight is 340 g/mol. The molecule has 0 spiro atoms. The summed E-state index contributed by atoms with van der Waals surface area (Å²) in [7, 11) is 2.21. The zero-order valence-electron chi connectivity index (χ0n) is 13.0. The van der Waals surface area contributed by atoms with E-state index in [-0.39, 0.29) is 5.54 Å². The van der Waals surface area contributed by atoms with Crippen LogP contribution in [0.3, 0.4) is 0 Å². The second kappa shape index (κ2) is 6.14. The fraction of sp³-hybridized carbons (Fsp3) is 0.625. The summed E-state index contributed by atoms with van der Waals surface area (Å²) < 4.78 is 1.17. The summed E-state index contributed by atoms with van der Waals surface area (Å²) in [5, 5.41) is 0. The summed E-state index contributed by atoms with van der Waals surface area (Å²) in [5.74, 6) is 0. The van der Waals surface area contributed by atoms with Gasteiger partial charge in [-0.1, -0.05) is 28.1 Å². The molecule has 1 aromatic carbocycles. The molecule has 1 saturated heterocycles. The standard InChI is InChI=1S/C16H26BrN3/c1-12-5-6-13(9-14(12)17)15(10-18)20-8-7-19(4)16(2,3)11-20/h5-6,9,15H,7-8,10-11,18H2,1-4H3. The van der Waals surface area contributed by atoms with Gasteiger partial charge >= 0.3 is 0 Å². The number of piperazine rings is 1. The molecule has 3 nitrogen and oxygen atoms in total. The highest BCUT2D eigenvalue weighted by atomic mass is 79.9. The first-order valence-corrected chi connectivity index (χ1v) is 8.06. The van der Waals surface area contributed by atoms with Crippen LogP contribution in [0, 0.1) is 6.92 Å². The van der Waals surface area contributed by atoms with E-state index in [9.17, 15) is 0 Å². The lowest BCUT2D eigenvalue weighted by molar-refractivity contribution is 0.0180. The third kappa shape index (κ3) is 3.25. The Morgan fingerprint density at radius 1 is 1.35 bits per heavy atom. The molecule has 1 aromatic rings. The predicted octanol–water partition coefficient (Wildman–Crippen LogP) is 2.78. The highest BCUT2D eigenvalue weighted by Crippen LogP contribution is 2.29. The second-order valence-electron chi connectivity index (χ2n) is 6.46. The zero-order valence-corrected chi connectivity index (χ0v) is 14.6. The Labute approximate surface area is 131 Å². The first kappa shape index (κ1) is 16.0. The van der Waals surface area contributed by atoms with Crippen LogP contribution in [-0.2, 0) is 0 Å². The van der Waals surface area contributed by atoms with Crippen molar-refractivity contribution in [1.29, 1.82) is 0 Å². The molecule has 0 aliphatic carbocycles. The smallest absolute Gasteiger partial charge is 0.0472 e. The van der Waals surface area contributed by atoms with Gasteiger partial charge in [0.05, 0.1) is 0 Å². The molecule has 1 unspecified atom stereocenters. The van der Waals surface area contributed by atoms with Crippen LogP contribution in [0.1, 0.15) is 31.0 Å². The van der Waals surface area contributed by atoms with Crippen molar-refractivity contribution >= 4 is 15.9 Å². The summed E-state index contributed by atoms with van der Waals surface area (Å²) in [6, 6.07) is 6.91. The van der Waals surface area contributed by atoms with E-state index in [1.54, 1.807) is 0 Å². The van der Waals surface area contributed by atoms with E-state index in [2.05, 4.69) is 71.7 Å². The molecule has 20 heavy (non-hydrogen) atoms. The van der Waals surface area contributed by atoms with Gasteiger partial charge in [-0.2, -0.15) is 0 Å². The number of hydrogen-bond acceptors (Lipinski definition) is 3. The van der Waals surface area contributed by atoms with Crippen LogP contribution in [0.15, 0.2) is 22.7 Å². The van der Waals surface area contributed by atoms with E-state index in [1.807, 2.05) is 0 Å². The molecule has 1 atom stereocenters. The molecule has 0 aromatic heterocycles. The monoisotopic (exact) mass is 339 g/mol. The fourth-order valence-corrected chi connectivity index (χ4v) is 3.25. The van der Waals surface area contributed by atoms with Crippen LogP contribution in [0.25, 0.3) is 0 Å². The number of rotatable bonds is 3. The van der Waals surface area contributed by atoms with Crippen LogP contribution in [0.4, 0.5) is 0 Å². The van der Waals surface area contributed by atoms with Crippen LogP contribution >= 0.6 is 15.9 Å². The van der Waals surface area contributed by atoms with Crippen molar-refractivity contribution in [2.24, 2.45) is 5.73 Å².